The van der Waals surface area contributed by atoms with Gasteiger partial charge in [0, 0.05) is 6.26 Å². The van der Waals surface area contributed by atoms with Crippen LogP contribution in [0.3, 0.4) is 0 Å². The van der Waals surface area contributed by atoms with Gasteiger partial charge in [0.05, 0.1) is 36.4 Å². The van der Waals surface area contributed by atoms with E-state index in [1.807, 2.05) is 12.1 Å². The van der Waals surface area contributed by atoms with Gasteiger partial charge in [0.15, 0.2) is 11.0 Å². The van der Waals surface area contributed by atoms with Gasteiger partial charge in [-0.05, 0) is 53.9 Å². The van der Waals surface area contributed by atoms with Crippen LogP contribution in [0, 0.1) is 0 Å². The van der Waals surface area contributed by atoms with Crippen molar-refractivity contribution in [2.45, 2.75) is 19.9 Å². The molecule has 0 saturated heterocycles. The Hall–Kier alpha value is -3.16. The molecule has 0 bridgehead atoms. The number of para-hydroxylation sites is 2. The van der Waals surface area contributed by atoms with Gasteiger partial charge in [-0.3, -0.25) is 0 Å². The standard InChI is InChI=1S/C24H25N2O.CH4O3S/c1-4-17-26-23-8-6-5-7-22(23)25(2)24(26)20-11-9-18(10-12-20)19-13-15-21(27-3)16-14-19;1-5(2,3)4/h5-16H,4,17H2,1-3H3;1H3,(H,2,3,4)/q+1;/p-1. The molecule has 4 aromatic rings. The van der Waals surface area contributed by atoms with E-state index in [0.717, 1.165) is 18.7 Å². The maximum atomic E-state index is 9.08. The number of fused-ring (bicyclic) bond motifs is 1. The summed E-state index contributed by atoms with van der Waals surface area (Å²) in [5.74, 6) is 2.13. The average molecular weight is 453 g/mol. The van der Waals surface area contributed by atoms with Crippen LogP contribution in [-0.2, 0) is 23.7 Å². The lowest BCUT2D eigenvalue weighted by Gasteiger charge is -2.06. The Kier molecular flexibility index (Phi) is 7.33. The minimum absolute atomic E-state index is 0.604. The van der Waals surface area contributed by atoms with Crippen molar-refractivity contribution in [3.05, 3.63) is 72.8 Å². The zero-order valence-corrected chi connectivity index (χ0v) is 19.6. The third-order valence-electron chi connectivity index (χ3n) is 5.12. The molecule has 168 valence electrons. The number of hydrogen-bond acceptors (Lipinski definition) is 4. The summed E-state index contributed by atoms with van der Waals surface area (Å²) in [7, 11) is -0.0690. The second-order valence-corrected chi connectivity index (χ2v) is 8.94. The van der Waals surface area contributed by atoms with Gasteiger partial charge < -0.3 is 9.29 Å². The molecule has 0 aliphatic rings. The van der Waals surface area contributed by atoms with Crippen LogP contribution in [0.25, 0.3) is 33.5 Å². The number of imidazole rings is 1. The molecule has 0 saturated carbocycles. The predicted molar refractivity (Wildman–Crippen MR) is 126 cm³/mol. The Morgan fingerprint density at radius 1 is 0.906 bits per heavy atom. The topological polar surface area (TPSA) is 75.2 Å². The van der Waals surface area contributed by atoms with E-state index in [1.165, 1.54) is 33.5 Å². The van der Waals surface area contributed by atoms with Crippen LogP contribution in [0.1, 0.15) is 13.3 Å². The normalized spacial score (nSPS) is 11.2. The monoisotopic (exact) mass is 452 g/mol. The Morgan fingerprint density at radius 3 is 1.94 bits per heavy atom. The molecule has 0 aliphatic carbocycles. The summed E-state index contributed by atoms with van der Waals surface area (Å²) in [6.07, 6.45) is 1.71. The van der Waals surface area contributed by atoms with Gasteiger partial charge >= 0.3 is 0 Å². The highest BCUT2D eigenvalue weighted by Crippen LogP contribution is 2.27. The summed E-state index contributed by atoms with van der Waals surface area (Å²) >= 11 is 0. The van der Waals surface area contributed by atoms with E-state index in [1.54, 1.807) is 7.11 Å². The molecule has 7 heteroatoms. The fourth-order valence-electron chi connectivity index (χ4n) is 3.78. The van der Waals surface area contributed by atoms with E-state index in [2.05, 4.69) is 83.8 Å². The first-order valence-corrected chi connectivity index (χ1v) is 12.2. The van der Waals surface area contributed by atoms with Gasteiger partial charge in [-0.15, -0.1) is 0 Å². The lowest BCUT2D eigenvalue weighted by Crippen LogP contribution is -2.30. The molecule has 0 N–H and O–H groups in total. The lowest BCUT2D eigenvalue weighted by atomic mass is 10.0. The Morgan fingerprint density at radius 2 is 1.41 bits per heavy atom. The van der Waals surface area contributed by atoms with Crippen molar-refractivity contribution in [3.8, 4) is 28.3 Å². The van der Waals surface area contributed by atoms with Crippen LogP contribution in [0.15, 0.2) is 72.8 Å². The maximum Gasteiger partial charge on any atom is 0.289 e. The number of ether oxygens (including phenoxy) is 1. The molecule has 0 atom stereocenters. The van der Waals surface area contributed by atoms with E-state index in [0.29, 0.717) is 6.26 Å². The summed E-state index contributed by atoms with van der Waals surface area (Å²) in [4.78, 5) is 0. The molecule has 0 aliphatic heterocycles. The Labute approximate surface area is 189 Å². The molecule has 0 radical (unpaired) electrons. The average Bonchev–Trinajstić information content (AvgIpc) is 3.05. The number of rotatable bonds is 5. The zero-order valence-electron chi connectivity index (χ0n) is 18.8. The Bertz CT molecular complexity index is 1280. The molecule has 0 fully saturated rings. The number of aromatic nitrogens is 2. The fraction of sp³-hybridized carbons (Fsp3) is 0.240. The number of benzene rings is 3. The van der Waals surface area contributed by atoms with Crippen molar-refractivity contribution in [2.75, 3.05) is 13.4 Å². The molecular weight excluding hydrogens is 424 g/mol. The molecule has 0 amide bonds. The van der Waals surface area contributed by atoms with E-state index < -0.39 is 10.1 Å². The third-order valence-corrected chi connectivity index (χ3v) is 5.12. The summed E-state index contributed by atoms with van der Waals surface area (Å²) in [5.41, 5.74) is 6.19. The molecule has 6 nitrogen and oxygen atoms in total. The van der Waals surface area contributed by atoms with Gasteiger partial charge in [-0.25, -0.2) is 17.6 Å². The van der Waals surface area contributed by atoms with Gasteiger partial charge in [0.2, 0.25) is 0 Å². The summed E-state index contributed by atoms with van der Waals surface area (Å²) in [6.45, 7) is 3.24. The second kappa shape index (κ2) is 9.97. The number of methoxy groups -OCH3 is 1. The fourth-order valence-corrected chi connectivity index (χ4v) is 3.78. The summed E-state index contributed by atoms with van der Waals surface area (Å²) < 4.78 is 37.2. The predicted octanol–water partition coefficient (Wildman–Crippen LogP) is 4.38. The molecule has 0 spiro atoms. The van der Waals surface area contributed by atoms with Gasteiger partial charge in [0.1, 0.15) is 5.75 Å². The van der Waals surface area contributed by atoms with Crippen LogP contribution in [-0.4, -0.2) is 30.9 Å². The quantitative estimate of drug-likeness (QED) is 0.333. The number of hydrogen-bond donors (Lipinski definition) is 0. The zero-order chi connectivity index (χ0) is 23.3. The first kappa shape index (κ1) is 23.5. The van der Waals surface area contributed by atoms with Crippen LogP contribution in [0.5, 0.6) is 5.75 Å². The summed E-state index contributed by atoms with van der Waals surface area (Å²) in [5, 5.41) is 0. The van der Waals surface area contributed by atoms with Crippen LogP contribution >= 0.6 is 0 Å². The number of aryl methyl sites for hydroxylation is 2. The molecule has 3 aromatic carbocycles. The SMILES string of the molecule is CCCn1c(-c2ccc(-c3ccc(OC)cc3)cc2)[n+](C)c2ccccc21.CS(=O)(=O)[O-]. The largest absolute Gasteiger partial charge is 0.748 e. The third kappa shape index (κ3) is 5.55. The van der Waals surface area contributed by atoms with Crippen LogP contribution < -0.4 is 9.30 Å². The first-order chi connectivity index (χ1) is 15.2. The number of nitrogens with zero attached hydrogens (tertiary/aromatic N) is 2. The molecule has 1 aromatic heterocycles. The highest BCUT2D eigenvalue weighted by Gasteiger charge is 2.23. The Balaban J connectivity index is 0.000000523. The van der Waals surface area contributed by atoms with Crippen molar-refractivity contribution in [3.63, 3.8) is 0 Å². The molecule has 0 unspecified atom stereocenters. The van der Waals surface area contributed by atoms with Crippen molar-refractivity contribution in [1.29, 1.82) is 0 Å². The lowest BCUT2D eigenvalue weighted by molar-refractivity contribution is -0.634. The van der Waals surface area contributed by atoms with E-state index in [9.17, 15) is 0 Å². The van der Waals surface area contributed by atoms with Crippen molar-refractivity contribution in [2.24, 2.45) is 7.05 Å². The molecular formula is C25H28N2O4S. The van der Waals surface area contributed by atoms with E-state index in [4.69, 9.17) is 17.7 Å². The first-order valence-electron chi connectivity index (χ1n) is 10.4. The van der Waals surface area contributed by atoms with Crippen molar-refractivity contribution >= 4 is 21.2 Å². The highest BCUT2D eigenvalue weighted by atomic mass is 32.2. The van der Waals surface area contributed by atoms with Crippen LogP contribution in [0.4, 0.5) is 0 Å². The van der Waals surface area contributed by atoms with E-state index in [-0.39, 0.29) is 0 Å². The smallest absolute Gasteiger partial charge is 0.289 e. The molecule has 32 heavy (non-hydrogen) atoms. The van der Waals surface area contributed by atoms with Gasteiger partial charge in [-0.1, -0.05) is 43.3 Å². The second-order valence-electron chi connectivity index (χ2n) is 7.53. The minimum atomic E-state index is -3.92. The minimum Gasteiger partial charge on any atom is -0.748 e. The summed E-state index contributed by atoms with van der Waals surface area (Å²) in [6, 6.07) is 25.7. The molecule has 4 rings (SSSR count). The van der Waals surface area contributed by atoms with Crippen molar-refractivity contribution < 1.29 is 22.3 Å². The van der Waals surface area contributed by atoms with E-state index >= 15 is 0 Å². The maximum absolute atomic E-state index is 9.08. The van der Waals surface area contributed by atoms with Gasteiger partial charge in [0.25, 0.3) is 5.82 Å². The van der Waals surface area contributed by atoms with Crippen molar-refractivity contribution in [1.82, 2.24) is 4.57 Å². The highest BCUT2D eigenvalue weighted by molar-refractivity contribution is 7.84. The van der Waals surface area contributed by atoms with Crippen LogP contribution in [0.2, 0.25) is 0 Å². The molecule has 1 heterocycles. The van der Waals surface area contributed by atoms with Gasteiger partial charge in [-0.2, -0.15) is 0 Å².